The van der Waals surface area contributed by atoms with Gasteiger partial charge in [-0.05, 0) is 19.2 Å². The Kier molecular flexibility index (Phi) is 66.5. The van der Waals surface area contributed by atoms with Crippen LogP contribution in [0, 0.1) is 0 Å². The molecule has 0 aliphatic carbocycles. The summed E-state index contributed by atoms with van der Waals surface area (Å²) in [6, 6.07) is -3.46. The number of aliphatic hydroxyl groups is 21. The molecule has 6 aliphatic rings. The molecule has 8 rings (SSSR count). The molecular formula is C64H107N14Na5O49P2S. The quantitative estimate of drug-likeness (QED) is 0.0134. The molecule has 6 aliphatic heterocycles. The molecule has 0 aromatic carbocycles. The van der Waals surface area contributed by atoms with Gasteiger partial charge in [0, 0.05) is 38.6 Å². The average molecular weight is 2070 g/mol. The summed E-state index contributed by atoms with van der Waals surface area (Å²) < 4.78 is 77.9. The standard InChI is InChI=1S/C22H34N5O17P.C20H32N5O16P.C12H22N2O9.C6H13NO5.C2H6.CH3NOS.CH2O.5Na/c1-8(29)24-5-13(32)26-14-9(30)4-22(20(36)37,43-18(14)15(33)10(31)6-28)44-45(39,40)41-7-11-16(34)17(35)19(42-11)27-3-2-12(23)25-21(27)38;21-4-11(29)24-12-7(27)3-20(18(33)34,40-16(12)13(30)8(28)5-26)41-42(36,37)38-6-9-14(31)15(32)17(39-9)25-2-1-10(22)23-19(25)35;1-13-3-7(18)14-8-5(16)2-12(22,11(20)21)23-10(8)9(19)6(17)4-15;7-3-5(10)4(9)2(1-8)12-6(3)11;1-2;3-1-2-4;1-2;;;;;/h2-3,9-11,14-19,28,30-31,33-35H,4-7H2,1H3,(H,24,29)(H,26,32)(H,36,37)(H,39,40)(H2,23,25,38);1-2,7-9,12-17,26-28,30-32H,3-6,21H2,(H,24,29)(H,33,34)(H,36,37)(H2,22,23,35);5-6,8-10,13,15-17,19,22H,2-4H2,1H3,(H,14,18)(H,20,21);2-6,8-11H,1,7H2;1-2H3;1,4H,(H,2,3);1H2;;;;;/q;;;;;;;5*+1/p-5/t9?,10-,11?,14?,15-,16?,17?,18?,19?,22?;7?,8-,9?,12?,13-,14?,15?,16?,17?,20?;5?,6-,8?,9-,10?,12?;;;;;;;;;/m111........./s1. The van der Waals surface area contributed by atoms with Gasteiger partial charge in [-0.15, -0.1) is 0 Å². The number of nitrogens with two attached hydrogens (primary N) is 4. The molecule has 27 unspecified atom stereocenters. The van der Waals surface area contributed by atoms with E-state index >= 15 is 0 Å². The number of hydrogen-bond acceptors (Lipinski definition) is 57. The number of phosphoric ester groups is 2. The Morgan fingerprint density at radius 2 is 0.911 bits per heavy atom. The Morgan fingerprint density at radius 1 is 0.578 bits per heavy atom. The first kappa shape index (κ1) is 138. The van der Waals surface area contributed by atoms with Gasteiger partial charge in [0.25, 0.3) is 15.6 Å². The van der Waals surface area contributed by atoms with E-state index in [0.717, 1.165) is 28.5 Å². The van der Waals surface area contributed by atoms with Crippen molar-refractivity contribution in [3.63, 3.8) is 0 Å². The first-order valence-corrected chi connectivity index (χ1v) is 41.0. The fourth-order valence-electron chi connectivity index (χ4n) is 12.2. The second-order valence-electron chi connectivity index (χ2n) is 27.8. The zero-order valence-corrected chi connectivity index (χ0v) is 86.2. The number of hydrogen-bond donors (Lipinski definition) is 32. The van der Waals surface area contributed by atoms with Crippen LogP contribution in [0.4, 0.5) is 11.6 Å². The van der Waals surface area contributed by atoms with Gasteiger partial charge < -0.3 is 243 Å². The number of rotatable bonds is 34. The van der Waals surface area contributed by atoms with Crippen molar-refractivity contribution in [3.05, 3.63) is 45.5 Å². The van der Waals surface area contributed by atoms with Crippen LogP contribution in [-0.4, -0.2) is 423 Å². The van der Waals surface area contributed by atoms with E-state index in [1.54, 1.807) is 0 Å². The van der Waals surface area contributed by atoms with E-state index in [-0.39, 0.29) is 166 Å². The summed E-state index contributed by atoms with van der Waals surface area (Å²) in [5.41, 5.74) is 19.3. The minimum Gasteiger partial charge on any atom is -0.756 e. The molecule has 2 aromatic heterocycles. The number of nitrogen functional groups attached to an aromatic ring is 2. The van der Waals surface area contributed by atoms with E-state index in [1.165, 1.54) is 19.2 Å². The van der Waals surface area contributed by atoms with Gasteiger partial charge in [0.2, 0.25) is 47.4 Å². The third-order valence-electron chi connectivity index (χ3n) is 18.7. The van der Waals surface area contributed by atoms with Gasteiger partial charge in [-0.1, -0.05) is 26.7 Å². The first-order chi connectivity index (χ1) is 60.6. The zero-order valence-electron chi connectivity index (χ0n) is 73.5. The summed E-state index contributed by atoms with van der Waals surface area (Å²) in [5, 5.41) is 252. The molecular weight excluding hydrogens is 1960 g/mol. The van der Waals surface area contributed by atoms with Crippen LogP contribution in [0.1, 0.15) is 52.5 Å². The van der Waals surface area contributed by atoms with Gasteiger partial charge >= 0.3 is 159 Å². The maximum Gasteiger partial charge on any atom is 1.00 e. The maximum absolute atomic E-state index is 12.8. The van der Waals surface area contributed by atoms with Gasteiger partial charge in [-0.3, -0.25) is 51.3 Å². The topological polar surface area (TPSA) is 1070 Å². The summed E-state index contributed by atoms with van der Waals surface area (Å²) in [7, 11) is -10.2. The number of nitrogens with one attached hydrogen (secondary N) is 6. The van der Waals surface area contributed by atoms with Crippen molar-refractivity contribution >= 4 is 94.8 Å². The second-order valence-corrected chi connectivity index (χ2v) is 30.7. The number of carboxylic acids is 3. The fraction of sp³-hybridized carbons (Fsp3) is 0.734. The van der Waals surface area contributed by atoms with Crippen molar-refractivity contribution < 1.29 is 379 Å². The normalized spacial score (nSPS) is 31.9. The van der Waals surface area contributed by atoms with Crippen molar-refractivity contribution in [1.29, 1.82) is 0 Å². The van der Waals surface area contributed by atoms with Crippen LogP contribution < -0.4 is 239 Å². The number of carbonyl (C=O) groups is 9. The Labute approximate surface area is 879 Å². The van der Waals surface area contributed by atoms with Crippen molar-refractivity contribution in [1.82, 2.24) is 50.4 Å². The summed E-state index contributed by atoms with van der Waals surface area (Å²) >= 11 is 3.30. The molecule has 0 spiro atoms. The summed E-state index contributed by atoms with van der Waals surface area (Å²) in [6.07, 6.45) is -43.3. The number of ether oxygens (including phenoxy) is 6. The van der Waals surface area contributed by atoms with Gasteiger partial charge in [-0.2, -0.15) is 9.97 Å². The number of carbonyl (C=O) groups excluding carboxylic acids is 9. The number of aliphatic carboxylic acids is 3. The maximum atomic E-state index is 12.8. The Morgan fingerprint density at radius 3 is 1.21 bits per heavy atom. The predicted octanol–water partition coefficient (Wildman–Crippen LogP) is -40.2. The van der Waals surface area contributed by atoms with Crippen LogP contribution in [0.5, 0.6) is 0 Å². The van der Waals surface area contributed by atoms with Gasteiger partial charge in [0.05, 0.1) is 102 Å². The minimum atomic E-state index is -5.88. The first-order valence-electron chi connectivity index (χ1n) is 37.7. The van der Waals surface area contributed by atoms with E-state index in [4.69, 9.17) is 76.3 Å². The van der Waals surface area contributed by atoms with Crippen molar-refractivity contribution in [2.45, 2.75) is 228 Å². The number of phosphoric acid groups is 2. The molecule has 33 atom stereocenters. The molecule has 748 valence electrons. The number of anilines is 2. The molecule has 5 amide bonds. The second kappa shape index (κ2) is 64.8. The van der Waals surface area contributed by atoms with E-state index < -0.39 is 329 Å². The molecule has 0 saturated carbocycles. The van der Waals surface area contributed by atoms with Crippen molar-refractivity contribution in [2.24, 2.45) is 11.5 Å². The smallest absolute Gasteiger partial charge is 0.756 e. The molecule has 2 aromatic rings. The monoisotopic (exact) mass is 2060 g/mol. The van der Waals surface area contributed by atoms with Crippen molar-refractivity contribution in [2.75, 3.05) is 77.8 Å². The predicted molar refractivity (Wildman–Crippen MR) is 408 cm³/mol. The average Bonchev–Trinajstić information content (AvgIpc) is 1.71. The van der Waals surface area contributed by atoms with Gasteiger partial charge in [0.15, 0.2) is 18.7 Å². The van der Waals surface area contributed by atoms with E-state index in [2.05, 4.69) is 67.5 Å². The third kappa shape index (κ3) is 39.9. The molecule has 0 bridgehead atoms. The van der Waals surface area contributed by atoms with Crippen LogP contribution in [0.15, 0.2) is 34.1 Å². The Hall–Kier alpha value is -2.84. The summed E-state index contributed by atoms with van der Waals surface area (Å²) in [5.74, 6) is -20.1. The number of likely N-dealkylation sites (N-methyl/N-ethyl adjacent to an activating group) is 1. The molecule has 135 heavy (non-hydrogen) atoms. The number of aliphatic hydroxyl groups excluding tert-OH is 20. The van der Waals surface area contributed by atoms with E-state index in [1.807, 2.05) is 25.4 Å². The van der Waals surface area contributed by atoms with Crippen LogP contribution in [0.25, 0.3) is 0 Å². The Balaban J connectivity index is -0.000000875. The summed E-state index contributed by atoms with van der Waals surface area (Å²) in [4.78, 5) is 156. The van der Waals surface area contributed by atoms with Crippen molar-refractivity contribution in [3.8, 4) is 0 Å². The molecule has 63 nitrogen and oxygen atoms in total. The number of nitrogens with zero attached hydrogens (tertiary/aromatic N) is 4. The summed E-state index contributed by atoms with van der Waals surface area (Å²) in [6.45, 7) is -0.174. The van der Waals surface area contributed by atoms with E-state index in [9.17, 15) is 169 Å². The zero-order chi connectivity index (χ0) is 99.9. The van der Waals surface area contributed by atoms with Crippen LogP contribution in [0.3, 0.4) is 0 Å². The van der Waals surface area contributed by atoms with Crippen LogP contribution in [-0.2, 0) is 98.8 Å². The minimum absolute atomic E-state index is 0. The van der Waals surface area contributed by atoms with Crippen LogP contribution in [0.2, 0.25) is 0 Å². The van der Waals surface area contributed by atoms with Crippen LogP contribution >= 0.6 is 28.5 Å². The number of carboxylic acid groups (broad SMARTS) is 3. The Bertz CT molecular complexity index is 4180. The van der Waals surface area contributed by atoms with Gasteiger partial charge in [0.1, 0.15) is 146 Å². The SMILES string of the molecule is C=O.CC.CC(=O)NCC(=O)NC1C(O)CC(OP(=O)([O-])OCC2OC(n3ccc(N)nc3=O)C(O)C2O)(C(=O)[O-])OC1[C@H](O)[C@H](O)CO.CNCC(=O)NC1C(O)CC(O)(C(=O)[O-])OC1[C@H](O)[C@H](O)CO.NC1C(O)OC(CO)C(O)C1O.NCC(=O)NC1C(O)CC(OP(=O)([O-])OCC2OC(n3ccc(N)nc3=O)C(O)C2O)(C(=O)[O-])OC1[C@H](O)[C@H](O)CO.O=CNS.[Na+].[Na+].[Na+].[Na+].[Na+]. The number of aromatic nitrogens is 4. The molecule has 35 N–H and O–H groups in total. The number of thiol groups is 1. The largest absolute Gasteiger partial charge is 1.00 e. The third-order valence-corrected chi connectivity index (χ3v) is 20.7. The molecule has 71 heteroatoms. The molecule has 0 radical (unpaired) electrons. The molecule has 6 saturated heterocycles. The molecule has 6 fully saturated rings. The number of amides is 5. The fourth-order valence-corrected chi connectivity index (χ4v) is 14.1. The van der Waals surface area contributed by atoms with Gasteiger partial charge in [-0.25, -0.2) is 9.59 Å². The van der Waals surface area contributed by atoms with E-state index in [0.29, 0.717) is 6.41 Å². The molecule has 8 heterocycles.